The summed E-state index contributed by atoms with van der Waals surface area (Å²) in [4.78, 5) is 10.6. The Labute approximate surface area is 75.3 Å². The van der Waals surface area contributed by atoms with Crippen LogP contribution in [0.2, 0.25) is 0 Å². The Bertz CT molecular complexity index is 370. The molecule has 0 radical (unpaired) electrons. The van der Waals surface area contributed by atoms with E-state index >= 15 is 0 Å². The molecular formula is C10H8O3. The highest BCUT2D eigenvalue weighted by molar-refractivity contribution is 5.90. The number of aliphatic carboxylic acids is 1. The average molecular weight is 176 g/mol. The van der Waals surface area contributed by atoms with E-state index in [4.69, 9.17) is 9.84 Å². The molecule has 1 heterocycles. The van der Waals surface area contributed by atoms with Crippen LogP contribution in [0, 0.1) is 0 Å². The first-order valence-corrected chi connectivity index (χ1v) is 3.95. The maximum atomic E-state index is 10.6. The molecule has 1 N–H and O–H groups in total. The van der Waals surface area contributed by atoms with Crippen LogP contribution in [0.1, 0.15) is 6.42 Å². The second-order valence-electron chi connectivity index (χ2n) is 2.82. The molecule has 0 atom stereocenters. The standard InChI is InChI=1S/C10H8O3/c11-10(12)8-4-3-7-2-1-5-13-9(7)6-8/h1-2,4-6H,3H2,(H,11,12). The molecule has 1 aliphatic carbocycles. The predicted molar refractivity (Wildman–Crippen MR) is 46.7 cm³/mol. The summed E-state index contributed by atoms with van der Waals surface area (Å²) in [6, 6.07) is 0. The van der Waals surface area contributed by atoms with Crippen LogP contribution in [-0.2, 0) is 9.53 Å². The van der Waals surface area contributed by atoms with Crippen LogP contribution in [0.3, 0.4) is 0 Å². The summed E-state index contributed by atoms with van der Waals surface area (Å²) in [5.74, 6) is -0.271. The molecule has 0 fully saturated rings. The zero-order valence-electron chi connectivity index (χ0n) is 6.86. The summed E-state index contributed by atoms with van der Waals surface area (Å²) in [7, 11) is 0. The molecule has 0 unspecified atom stereocenters. The first-order chi connectivity index (χ1) is 6.27. The fourth-order valence-electron chi connectivity index (χ4n) is 1.29. The molecule has 0 aromatic carbocycles. The van der Waals surface area contributed by atoms with E-state index in [-0.39, 0.29) is 0 Å². The molecule has 0 saturated carbocycles. The number of ether oxygens (including phenoxy) is 1. The third-order valence-electron chi connectivity index (χ3n) is 1.96. The number of hydrogen-bond donors (Lipinski definition) is 1. The van der Waals surface area contributed by atoms with Crippen LogP contribution in [0.25, 0.3) is 0 Å². The van der Waals surface area contributed by atoms with Crippen molar-refractivity contribution in [2.75, 3.05) is 0 Å². The number of rotatable bonds is 1. The van der Waals surface area contributed by atoms with Crippen molar-refractivity contribution in [2.24, 2.45) is 0 Å². The number of carboxylic acids is 1. The van der Waals surface area contributed by atoms with Gasteiger partial charge < -0.3 is 9.84 Å². The molecule has 2 rings (SSSR count). The first kappa shape index (κ1) is 7.86. The summed E-state index contributed by atoms with van der Waals surface area (Å²) in [6.07, 6.45) is 9.11. The van der Waals surface area contributed by atoms with Crippen molar-refractivity contribution in [3.63, 3.8) is 0 Å². The maximum absolute atomic E-state index is 10.6. The highest BCUT2D eigenvalue weighted by Gasteiger charge is 2.16. The maximum Gasteiger partial charge on any atom is 0.335 e. The minimum Gasteiger partial charge on any atom is -0.478 e. The number of fused-ring (bicyclic) bond motifs is 1. The predicted octanol–water partition coefficient (Wildman–Crippen LogP) is 1.76. The van der Waals surface area contributed by atoms with E-state index < -0.39 is 5.97 Å². The number of hydrogen-bond acceptors (Lipinski definition) is 2. The quantitative estimate of drug-likeness (QED) is 0.662. The Hall–Kier alpha value is -1.77. The van der Waals surface area contributed by atoms with Gasteiger partial charge in [0, 0.05) is 0 Å². The van der Waals surface area contributed by atoms with Gasteiger partial charge in [-0.15, -0.1) is 0 Å². The van der Waals surface area contributed by atoms with E-state index in [2.05, 4.69) is 0 Å². The van der Waals surface area contributed by atoms with Gasteiger partial charge in [0.15, 0.2) is 0 Å². The minimum atomic E-state index is -0.912. The number of carbonyl (C=O) groups is 1. The highest BCUT2D eigenvalue weighted by Crippen LogP contribution is 2.26. The van der Waals surface area contributed by atoms with Crippen LogP contribution in [0.4, 0.5) is 0 Å². The van der Waals surface area contributed by atoms with Gasteiger partial charge in [0.2, 0.25) is 0 Å². The molecule has 0 aromatic heterocycles. The zero-order valence-corrected chi connectivity index (χ0v) is 6.86. The third kappa shape index (κ3) is 1.40. The van der Waals surface area contributed by atoms with Crippen LogP contribution >= 0.6 is 0 Å². The molecule has 0 amide bonds. The second kappa shape index (κ2) is 2.94. The van der Waals surface area contributed by atoms with Crippen LogP contribution in [-0.4, -0.2) is 11.1 Å². The van der Waals surface area contributed by atoms with Crippen molar-refractivity contribution in [1.29, 1.82) is 0 Å². The molecule has 3 nitrogen and oxygen atoms in total. The lowest BCUT2D eigenvalue weighted by Gasteiger charge is -2.16. The third-order valence-corrected chi connectivity index (χ3v) is 1.96. The van der Waals surface area contributed by atoms with Crippen molar-refractivity contribution in [2.45, 2.75) is 6.42 Å². The van der Waals surface area contributed by atoms with Crippen molar-refractivity contribution in [1.82, 2.24) is 0 Å². The summed E-state index contributed by atoms with van der Waals surface area (Å²) in [5.41, 5.74) is 1.31. The van der Waals surface area contributed by atoms with Crippen molar-refractivity contribution in [3.8, 4) is 0 Å². The van der Waals surface area contributed by atoms with Crippen LogP contribution in [0.15, 0.2) is 47.5 Å². The van der Waals surface area contributed by atoms with Gasteiger partial charge in [0.05, 0.1) is 11.8 Å². The van der Waals surface area contributed by atoms with Gasteiger partial charge in [0.1, 0.15) is 5.76 Å². The normalized spacial score (nSPS) is 19.2. The zero-order chi connectivity index (χ0) is 9.26. The van der Waals surface area contributed by atoms with E-state index in [0.29, 0.717) is 17.8 Å². The topological polar surface area (TPSA) is 46.5 Å². The lowest BCUT2D eigenvalue weighted by atomic mass is 9.99. The largest absolute Gasteiger partial charge is 0.478 e. The molecule has 0 spiro atoms. The summed E-state index contributed by atoms with van der Waals surface area (Å²) >= 11 is 0. The molecule has 13 heavy (non-hydrogen) atoms. The monoisotopic (exact) mass is 176 g/mol. The van der Waals surface area contributed by atoms with Crippen LogP contribution in [0.5, 0.6) is 0 Å². The van der Waals surface area contributed by atoms with E-state index in [0.717, 1.165) is 5.57 Å². The second-order valence-corrected chi connectivity index (χ2v) is 2.82. The van der Waals surface area contributed by atoms with Gasteiger partial charge in [0.25, 0.3) is 0 Å². The fourth-order valence-corrected chi connectivity index (χ4v) is 1.29. The fraction of sp³-hybridized carbons (Fsp3) is 0.100. The number of allylic oxidation sites excluding steroid dienone is 4. The SMILES string of the molecule is O=C(O)C1=CCC2=CC=COC2=C1. The highest BCUT2D eigenvalue weighted by atomic mass is 16.5. The van der Waals surface area contributed by atoms with Gasteiger partial charge in [-0.3, -0.25) is 0 Å². The lowest BCUT2D eigenvalue weighted by molar-refractivity contribution is -0.132. The van der Waals surface area contributed by atoms with E-state index in [9.17, 15) is 4.79 Å². The molecule has 2 aliphatic rings. The smallest absolute Gasteiger partial charge is 0.335 e. The first-order valence-electron chi connectivity index (χ1n) is 3.95. The van der Waals surface area contributed by atoms with Gasteiger partial charge in [-0.1, -0.05) is 12.2 Å². The molecule has 3 heteroatoms. The molecule has 0 aromatic rings. The van der Waals surface area contributed by atoms with Crippen molar-refractivity contribution < 1.29 is 14.6 Å². The molecule has 0 saturated heterocycles. The summed E-state index contributed by atoms with van der Waals surface area (Å²) in [5, 5.41) is 8.72. The Morgan fingerprint density at radius 2 is 2.38 bits per heavy atom. The van der Waals surface area contributed by atoms with Crippen LogP contribution < -0.4 is 0 Å². The Morgan fingerprint density at radius 3 is 3.15 bits per heavy atom. The molecular weight excluding hydrogens is 168 g/mol. The summed E-state index contributed by atoms with van der Waals surface area (Å²) in [6.45, 7) is 0. The van der Waals surface area contributed by atoms with Gasteiger partial charge in [-0.25, -0.2) is 4.79 Å². The van der Waals surface area contributed by atoms with E-state index in [1.165, 1.54) is 0 Å². The van der Waals surface area contributed by atoms with Gasteiger partial charge in [-0.05, 0) is 24.1 Å². The molecule has 0 bridgehead atoms. The molecule has 66 valence electrons. The summed E-state index contributed by atoms with van der Waals surface area (Å²) < 4.78 is 5.17. The van der Waals surface area contributed by atoms with E-state index in [1.54, 1.807) is 24.5 Å². The van der Waals surface area contributed by atoms with E-state index in [1.807, 2.05) is 6.08 Å². The van der Waals surface area contributed by atoms with Gasteiger partial charge in [-0.2, -0.15) is 0 Å². The van der Waals surface area contributed by atoms with Crippen molar-refractivity contribution >= 4 is 5.97 Å². The Balaban J connectivity index is 2.32. The Kier molecular flexibility index (Phi) is 1.77. The van der Waals surface area contributed by atoms with Crippen molar-refractivity contribution in [3.05, 3.63) is 47.5 Å². The Morgan fingerprint density at radius 1 is 1.54 bits per heavy atom. The average Bonchev–Trinajstić information content (AvgIpc) is 2.17. The number of carboxylic acid groups (broad SMARTS) is 1. The van der Waals surface area contributed by atoms with Gasteiger partial charge >= 0.3 is 5.97 Å². The lowest BCUT2D eigenvalue weighted by Crippen LogP contribution is -2.06. The molecule has 1 aliphatic heterocycles. The minimum absolute atomic E-state index is 0.294.